The van der Waals surface area contributed by atoms with Gasteiger partial charge in [-0.25, -0.2) is 0 Å². The predicted octanol–water partition coefficient (Wildman–Crippen LogP) is 4.25. The minimum absolute atomic E-state index is 0.0289. The number of carbonyl (C=O) groups is 2. The first-order valence-electron chi connectivity index (χ1n) is 12.1. The average Bonchev–Trinajstić information content (AvgIpc) is 2.72. The van der Waals surface area contributed by atoms with Crippen LogP contribution in [0.15, 0.2) is 24.3 Å². The van der Waals surface area contributed by atoms with Crippen LogP contribution >= 0.6 is 0 Å². The molecule has 4 bridgehead atoms. The first-order chi connectivity index (χ1) is 14.5. The molecule has 0 spiro atoms. The van der Waals surface area contributed by atoms with Crippen molar-refractivity contribution in [2.75, 3.05) is 13.1 Å². The van der Waals surface area contributed by atoms with E-state index in [1.807, 2.05) is 0 Å². The van der Waals surface area contributed by atoms with E-state index in [1.165, 1.54) is 30.4 Å². The highest BCUT2D eigenvalue weighted by Crippen LogP contribution is 2.60. The van der Waals surface area contributed by atoms with Gasteiger partial charge in [-0.15, -0.1) is 0 Å². The van der Waals surface area contributed by atoms with Gasteiger partial charge in [-0.2, -0.15) is 0 Å². The number of hydrogen-bond donors (Lipinski definition) is 1. The van der Waals surface area contributed by atoms with Crippen LogP contribution in [0.3, 0.4) is 0 Å². The lowest BCUT2D eigenvalue weighted by atomic mass is 9.49. The third-order valence-electron chi connectivity index (χ3n) is 8.40. The Kier molecular flexibility index (Phi) is 5.37. The summed E-state index contributed by atoms with van der Waals surface area (Å²) in [6.07, 6.45) is 10.7. The van der Waals surface area contributed by atoms with Crippen molar-refractivity contribution in [2.45, 2.75) is 77.2 Å². The third-order valence-corrected chi connectivity index (χ3v) is 8.40. The van der Waals surface area contributed by atoms with E-state index in [9.17, 15) is 9.59 Å². The monoisotopic (exact) mass is 408 g/mol. The third kappa shape index (κ3) is 4.02. The van der Waals surface area contributed by atoms with Gasteiger partial charge in [0.1, 0.15) is 0 Å². The summed E-state index contributed by atoms with van der Waals surface area (Å²) in [5, 5.41) is 3.22. The molecule has 1 aliphatic heterocycles. The fraction of sp³-hybridized carbons (Fsp3) is 0.692. The van der Waals surface area contributed by atoms with E-state index < -0.39 is 0 Å². The zero-order valence-corrected chi connectivity index (χ0v) is 18.4. The molecule has 0 aromatic heterocycles. The van der Waals surface area contributed by atoms with Gasteiger partial charge in [-0.1, -0.05) is 29.8 Å². The van der Waals surface area contributed by atoms with Crippen LogP contribution in [0.1, 0.15) is 68.9 Å². The van der Waals surface area contributed by atoms with Crippen molar-refractivity contribution < 1.29 is 9.59 Å². The molecular weight excluding hydrogens is 372 g/mol. The lowest BCUT2D eigenvalue weighted by molar-refractivity contribution is -0.158. The molecule has 0 atom stereocenters. The van der Waals surface area contributed by atoms with Crippen molar-refractivity contribution in [1.29, 1.82) is 0 Å². The maximum Gasteiger partial charge on any atom is 0.228 e. The summed E-state index contributed by atoms with van der Waals surface area (Å²) in [7, 11) is 0. The lowest BCUT2D eigenvalue weighted by Crippen LogP contribution is -2.56. The first-order valence-corrected chi connectivity index (χ1v) is 12.1. The van der Waals surface area contributed by atoms with E-state index in [0.29, 0.717) is 12.3 Å². The lowest BCUT2D eigenvalue weighted by Gasteiger charge is -2.57. The molecule has 5 fully saturated rings. The summed E-state index contributed by atoms with van der Waals surface area (Å²) in [5.74, 6) is 3.02. The van der Waals surface area contributed by atoms with Gasteiger partial charge < -0.3 is 10.2 Å². The second-order valence-electron chi connectivity index (χ2n) is 10.8. The van der Waals surface area contributed by atoms with E-state index in [2.05, 4.69) is 41.4 Å². The molecule has 5 aliphatic rings. The number of nitrogens with zero attached hydrogens (tertiary/aromatic N) is 1. The molecule has 1 N–H and O–H groups in total. The van der Waals surface area contributed by atoms with Crippen LogP contribution in [-0.4, -0.2) is 35.8 Å². The standard InChI is InChI=1S/C26H36N2O2/c1-18-2-4-19(5-3-18)6-7-24(29)27-23-8-10-28(11-9-23)25(30)26-15-20-12-21(16-26)14-22(13-20)17-26/h2-5,20-23H,6-17H2,1H3,(H,27,29). The minimum atomic E-state index is -0.0289. The molecule has 1 saturated heterocycles. The number of amides is 2. The summed E-state index contributed by atoms with van der Waals surface area (Å²) < 4.78 is 0. The fourth-order valence-electron chi connectivity index (χ4n) is 7.25. The van der Waals surface area contributed by atoms with Gasteiger partial charge in [0.25, 0.3) is 0 Å². The van der Waals surface area contributed by atoms with Crippen molar-refractivity contribution in [2.24, 2.45) is 23.2 Å². The minimum Gasteiger partial charge on any atom is -0.353 e. The van der Waals surface area contributed by atoms with Crippen molar-refractivity contribution in [3.05, 3.63) is 35.4 Å². The number of likely N-dealkylation sites (tertiary alicyclic amines) is 1. The molecule has 4 nitrogen and oxygen atoms in total. The number of nitrogens with one attached hydrogen (secondary N) is 1. The molecular formula is C26H36N2O2. The van der Waals surface area contributed by atoms with Gasteiger partial charge in [0.2, 0.25) is 11.8 Å². The Bertz CT molecular complexity index is 756. The molecule has 1 aromatic rings. The molecule has 162 valence electrons. The normalized spacial score (nSPS) is 33.0. The summed E-state index contributed by atoms with van der Waals surface area (Å²) >= 11 is 0. The van der Waals surface area contributed by atoms with E-state index >= 15 is 0 Å². The molecule has 1 heterocycles. The molecule has 6 rings (SSSR count). The Morgan fingerprint density at radius 2 is 1.53 bits per heavy atom. The molecule has 4 aliphatic carbocycles. The van der Waals surface area contributed by atoms with Gasteiger partial charge in [0, 0.05) is 25.6 Å². The number of hydrogen-bond acceptors (Lipinski definition) is 2. The van der Waals surface area contributed by atoms with Crippen LogP contribution in [0.5, 0.6) is 0 Å². The maximum atomic E-state index is 13.5. The maximum absolute atomic E-state index is 13.5. The summed E-state index contributed by atoms with van der Waals surface area (Å²) in [6, 6.07) is 8.64. The van der Waals surface area contributed by atoms with Gasteiger partial charge in [-0.3, -0.25) is 9.59 Å². The Balaban J connectivity index is 1.09. The predicted molar refractivity (Wildman–Crippen MR) is 118 cm³/mol. The van der Waals surface area contributed by atoms with Crippen molar-refractivity contribution in [1.82, 2.24) is 10.2 Å². The number of benzene rings is 1. The van der Waals surface area contributed by atoms with Crippen LogP contribution < -0.4 is 5.32 Å². The van der Waals surface area contributed by atoms with Crippen LogP contribution in [0.4, 0.5) is 0 Å². The number of rotatable bonds is 5. The van der Waals surface area contributed by atoms with E-state index in [-0.39, 0.29) is 17.4 Å². The largest absolute Gasteiger partial charge is 0.353 e. The molecule has 4 saturated carbocycles. The highest BCUT2D eigenvalue weighted by Gasteiger charge is 2.55. The quantitative estimate of drug-likeness (QED) is 0.792. The summed E-state index contributed by atoms with van der Waals surface area (Å²) in [6.45, 7) is 3.70. The zero-order chi connectivity index (χ0) is 20.7. The van der Waals surface area contributed by atoms with Crippen molar-refractivity contribution >= 4 is 11.8 Å². The first kappa shape index (κ1) is 20.1. The Labute approximate surface area is 180 Å². The SMILES string of the molecule is Cc1ccc(CCC(=O)NC2CCN(C(=O)C34CC5CC(CC(C5)C3)C4)CC2)cc1. The van der Waals surface area contributed by atoms with Crippen LogP contribution in [0.2, 0.25) is 0 Å². The van der Waals surface area contributed by atoms with Crippen molar-refractivity contribution in [3.63, 3.8) is 0 Å². The molecule has 0 radical (unpaired) electrons. The average molecular weight is 409 g/mol. The Hall–Kier alpha value is -1.84. The van der Waals surface area contributed by atoms with Crippen molar-refractivity contribution in [3.8, 4) is 0 Å². The Morgan fingerprint density at radius 1 is 0.967 bits per heavy atom. The second-order valence-corrected chi connectivity index (χ2v) is 10.8. The van der Waals surface area contributed by atoms with Gasteiger partial charge >= 0.3 is 0 Å². The highest BCUT2D eigenvalue weighted by molar-refractivity contribution is 5.83. The van der Waals surface area contributed by atoms with E-state index in [1.54, 1.807) is 0 Å². The zero-order valence-electron chi connectivity index (χ0n) is 18.4. The number of carbonyl (C=O) groups excluding carboxylic acids is 2. The molecule has 2 amide bonds. The number of piperidine rings is 1. The highest BCUT2D eigenvalue weighted by atomic mass is 16.2. The smallest absolute Gasteiger partial charge is 0.228 e. The van der Waals surface area contributed by atoms with Gasteiger partial charge in [0.15, 0.2) is 0 Å². The van der Waals surface area contributed by atoms with E-state index in [4.69, 9.17) is 0 Å². The molecule has 30 heavy (non-hydrogen) atoms. The van der Waals surface area contributed by atoms with E-state index in [0.717, 1.165) is 69.4 Å². The Morgan fingerprint density at radius 3 is 2.10 bits per heavy atom. The summed E-state index contributed by atoms with van der Waals surface area (Å²) in [5.41, 5.74) is 2.43. The molecule has 0 unspecified atom stereocenters. The molecule has 1 aromatic carbocycles. The topological polar surface area (TPSA) is 49.4 Å². The second kappa shape index (κ2) is 8.01. The number of aryl methyl sites for hydroxylation is 2. The van der Waals surface area contributed by atoms with Crippen LogP contribution in [0.25, 0.3) is 0 Å². The summed E-state index contributed by atoms with van der Waals surface area (Å²) in [4.78, 5) is 28.0. The van der Waals surface area contributed by atoms with Gasteiger partial charge in [0.05, 0.1) is 5.41 Å². The van der Waals surface area contributed by atoms with Crippen LogP contribution in [-0.2, 0) is 16.0 Å². The molecule has 4 heteroatoms. The fourth-order valence-corrected chi connectivity index (χ4v) is 7.25. The van der Waals surface area contributed by atoms with Crippen LogP contribution in [0, 0.1) is 30.1 Å². The van der Waals surface area contributed by atoms with Gasteiger partial charge in [-0.05, 0) is 88.0 Å².